The van der Waals surface area contributed by atoms with Gasteiger partial charge in [-0.1, -0.05) is 12.1 Å². The Morgan fingerprint density at radius 2 is 2.00 bits per heavy atom. The zero-order chi connectivity index (χ0) is 15.7. The number of esters is 1. The second-order valence-corrected chi connectivity index (χ2v) is 5.65. The van der Waals surface area contributed by atoms with Gasteiger partial charge < -0.3 is 4.74 Å². The van der Waals surface area contributed by atoms with Crippen LogP contribution in [0.25, 0.3) is 0 Å². The SMILES string of the molecule is C[C@H](OC(=O)c1cnn(C)c1)C(=O)c1ccc2c(c1)CCC2. The molecule has 0 unspecified atom stereocenters. The van der Waals surface area contributed by atoms with Crippen LogP contribution in [0.3, 0.4) is 0 Å². The van der Waals surface area contributed by atoms with Crippen LogP contribution in [0.4, 0.5) is 0 Å². The lowest BCUT2D eigenvalue weighted by atomic mass is 10.0. The molecule has 0 fully saturated rings. The minimum atomic E-state index is -0.813. The zero-order valence-corrected chi connectivity index (χ0v) is 12.7. The molecule has 0 saturated carbocycles. The number of hydrogen-bond acceptors (Lipinski definition) is 4. The molecule has 0 spiro atoms. The highest BCUT2D eigenvalue weighted by atomic mass is 16.5. The number of carbonyl (C=O) groups excluding carboxylic acids is 2. The summed E-state index contributed by atoms with van der Waals surface area (Å²) < 4.78 is 6.76. The van der Waals surface area contributed by atoms with E-state index < -0.39 is 12.1 Å². The summed E-state index contributed by atoms with van der Waals surface area (Å²) in [5.74, 6) is -0.706. The minimum Gasteiger partial charge on any atom is -0.451 e. The molecule has 0 amide bonds. The summed E-state index contributed by atoms with van der Waals surface area (Å²) in [6.07, 6.45) is 5.41. The standard InChI is InChI=1S/C17H18N2O3/c1-11(22-17(21)15-9-18-19(2)10-15)16(20)14-7-6-12-4-3-5-13(12)8-14/h6-11H,3-5H2,1-2H3/t11-/m0/s1. The van der Waals surface area contributed by atoms with E-state index in [2.05, 4.69) is 5.10 Å². The Labute approximate surface area is 128 Å². The summed E-state index contributed by atoms with van der Waals surface area (Å²) in [6, 6.07) is 5.76. The Balaban J connectivity index is 1.70. The summed E-state index contributed by atoms with van der Waals surface area (Å²) >= 11 is 0. The molecule has 22 heavy (non-hydrogen) atoms. The van der Waals surface area contributed by atoms with Gasteiger partial charge in [0.25, 0.3) is 0 Å². The van der Waals surface area contributed by atoms with Crippen molar-refractivity contribution >= 4 is 11.8 Å². The lowest BCUT2D eigenvalue weighted by molar-refractivity contribution is 0.0318. The highest BCUT2D eigenvalue weighted by Gasteiger charge is 2.22. The van der Waals surface area contributed by atoms with Crippen molar-refractivity contribution in [1.82, 2.24) is 9.78 Å². The first-order valence-electron chi connectivity index (χ1n) is 7.40. The maximum atomic E-state index is 12.4. The van der Waals surface area contributed by atoms with Gasteiger partial charge in [-0.25, -0.2) is 4.79 Å². The molecule has 0 radical (unpaired) electrons. The van der Waals surface area contributed by atoms with Crippen molar-refractivity contribution in [1.29, 1.82) is 0 Å². The fraction of sp³-hybridized carbons (Fsp3) is 0.353. The maximum absolute atomic E-state index is 12.4. The van der Waals surface area contributed by atoms with Crippen molar-refractivity contribution in [2.45, 2.75) is 32.3 Å². The fourth-order valence-corrected chi connectivity index (χ4v) is 2.77. The Kier molecular flexibility index (Phi) is 3.79. The van der Waals surface area contributed by atoms with Gasteiger partial charge >= 0.3 is 5.97 Å². The molecule has 1 atom stereocenters. The molecule has 1 aromatic heterocycles. The Hall–Kier alpha value is -2.43. The first-order chi connectivity index (χ1) is 10.5. The third-order valence-corrected chi connectivity index (χ3v) is 3.98. The van der Waals surface area contributed by atoms with Gasteiger partial charge in [0, 0.05) is 18.8 Å². The normalized spacial score (nSPS) is 14.5. The molecular weight excluding hydrogens is 280 g/mol. The lowest BCUT2D eigenvalue weighted by Crippen LogP contribution is -2.24. The molecule has 1 aliphatic carbocycles. The van der Waals surface area contributed by atoms with E-state index in [0.29, 0.717) is 11.1 Å². The van der Waals surface area contributed by atoms with Gasteiger partial charge in [-0.15, -0.1) is 0 Å². The molecule has 5 nitrogen and oxygen atoms in total. The number of rotatable bonds is 4. The highest BCUT2D eigenvalue weighted by molar-refractivity contribution is 6.01. The average molecular weight is 298 g/mol. The molecule has 1 aliphatic rings. The van der Waals surface area contributed by atoms with E-state index in [4.69, 9.17) is 4.74 Å². The second kappa shape index (κ2) is 5.75. The number of benzene rings is 1. The summed E-state index contributed by atoms with van der Waals surface area (Å²) in [4.78, 5) is 24.4. The topological polar surface area (TPSA) is 61.2 Å². The number of ketones is 1. The first kappa shape index (κ1) is 14.5. The van der Waals surface area contributed by atoms with Gasteiger partial charge in [-0.2, -0.15) is 5.10 Å². The van der Waals surface area contributed by atoms with E-state index in [1.165, 1.54) is 22.0 Å². The van der Waals surface area contributed by atoms with Crippen LogP contribution in [0.15, 0.2) is 30.6 Å². The van der Waals surface area contributed by atoms with Gasteiger partial charge in [-0.05, 0) is 43.4 Å². The van der Waals surface area contributed by atoms with Gasteiger partial charge in [0.05, 0.1) is 11.8 Å². The van der Waals surface area contributed by atoms with E-state index in [0.717, 1.165) is 19.3 Å². The number of hydrogen-bond donors (Lipinski definition) is 0. The van der Waals surface area contributed by atoms with Crippen molar-refractivity contribution in [2.75, 3.05) is 0 Å². The molecular formula is C17H18N2O3. The summed E-state index contributed by atoms with van der Waals surface area (Å²) in [5.41, 5.74) is 3.50. The fourth-order valence-electron chi connectivity index (χ4n) is 2.77. The monoisotopic (exact) mass is 298 g/mol. The van der Waals surface area contributed by atoms with Crippen LogP contribution in [0.5, 0.6) is 0 Å². The van der Waals surface area contributed by atoms with Crippen LogP contribution < -0.4 is 0 Å². The minimum absolute atomic E-state index is 0.174. The Bertz CT molecular complexity index is 733. The number of carbonyl (C=O) groups is 2. The van der Waals surface area contributed by atoms with Gasteiger partial charge in [-0.3, -0.25) is 9.48 Å². The highest BCUT2D eigenvalue weighted by Crippen LogP contribution is 2.23. The smallest absolute Gasteiger partial charge is 0.342 e. The zero-order valence-electron chi connectivity index (χ0n) is 12.7. The number of fused-ring (bicyclic) bond motifs is 1. The van der Waals surface area contributed by atoms with Crippen LogP contribution >= 0.6 is 0 Å². The molecule has 3 rings (SSSR count). The third-order valence-electron chi connectivity index (χ3n) is 3.98. The number of ether oxygens (including phenoxy) is 1. The van der Waals surface area contributed by atoms with E-state index in [1.54, 1.807) is 20.2 Å². The van der Waals surface area contributed by atoms with Crippen LogP contribution in [0.1, 0.15) is 45.2 Å². The van der Waals surface area contributed by atoms with E-state index in [9.17, 15) is 9.59 Å². The maximum Gasteiger partial charge on any atom is 0.342 e. The quantitative estimate of drug-likeness (QED) is 0.642. The molecule has 0 bridgehead atoms. The van der Waals surface area contributed by atoms with E-state index in [-0.39, 0.29) is 5.78 Å². The van der Waals surface area contributed by atoms with Crippen molar-refractivity contribution in [3.05, 3.63) is 52.8 Å². The van der Waals surface area contributed by atoms with Crippen LogP contribution in [-0.2, 0) is 24.6 Å². The molecule has 5 heteroatoms. The van der Waals surface area contributed by atoms with Crippen molar-refractivity contribution in [2.24, 2.45) is 7.05 Å². The largest absolute Gasteiger partial charge is 0.451 e. The molecule has 0 N–H and O–H groups in total. The van der Waals surface area contributed by atoms with Crippen LogP contribution in [0, 0.1) is 0 Å². The molecule has 2 aromatic rings. The summed E-state index contributed by atoms with van der Waals surface area (Å²) in [5, 5.41) is 3.92. The third kappa shape index (κ3) is 2.79. The molecule has 1 aromatic carbocycles. The summed E-state index contributed by atoms with van der Waals surface area (Å²) in [6.45, 7) is 1.60. The molecule has 1 heterocycles. The molecule has 0 aliphatic heterocycles. The Morgan fingerprint density at radius 1 is 1.23 bits per heavy atom. The van der Waals surface area contributed by atoms with Gasteiger partial charge in [0.15, 0.2) is 6.10 Å². The van der Waals surface area contributed by atoms with E-state index >= 15 is 0 Å². The number of Topliss-reactive ketones (excluding diaryl/α,β-unsaturated/α-hetero) is 1. The van der Waals surface area contributed by atoms with Crippen molar-refractivity contribution < 1.29 is 14.3 Å². The van der Waals surface area contributed by atoms with Gasteiger partial charge in [0.1, 0.15) is 0 Å². The van der Waals surface area contributed by atoms with Crippen molar-refractivity contribution in [3.63, 3.8) is 0 Å². The molecule has 114 valence electrons. The van der Waals surface area contributed by atoms with Gasteiger partial charge in [0.2, 0.25) is 5.78 Å². The predicted molar refractivity (Wildman–Crippen MR) is 80.9 cm³/mol. The van der Waals surface area contributed by atoms with Crippen LogP contribution in [-0.4, -0.2) is 27.6 Å². The lowest BCUT2D eigenvalue weighted by Gasteiger charge is -2.12. The number of aryl methyl sites for hydroxylation is 3. The number of nitrogens with zero attached hydrogens (tertiary/aromatic N) is 2. The average Bonchev–Trinajstić information content (AvgIpc) is 3.13. The Morgan fingerprint density at radius 3 is 2.73 bits per heavy atom. The van der Waals surface area contributed by atoms with Crippen LogP contribution in [0.2, 0.25) is 0 Å². The molecule has 0 saturated heterocycles. The second-order valence-electron chi connectivity index (χ2n) is 5.65. The summed E-state index contributed by atoms with van der Waals surface area (Å²) in [7, 11) is 1.72. The predicted octanol–water partition coefficient (Wildman–Crippen LogP) is 2.34. The number of aromatic nitrogens is 2. The first-order valence-corrected chi connectivity index (χ1v) is 7.40. The van der Waals surface area contributed by atoms with Crippen molar-refractivity contribution in [3.8, 4) is 0 Å². The van der Waals surface area contributed by atoms with E-state index in [1.807, 2.05) is 18.2 Å².